The van der Waals surface area contributed by atoms with Crippen molar-refractivity contribution in [2.45, 2.75) is 71.3 Å². The van der Waals surface area contributed by atoms with E-state index in [9.17, 15) is 4.79 Å². The average Bonchev–Trinajstić information content (AvgIpc) is 2.34. The molecule has 0 aromatic rings. The zero-order valence-electron chi connectivity index (χ0n) is 11.3. The summed E-state index contributed by atoms with van der Waals surface area (Å²) >= 11 is 0. The maximum Gasteiger partial charge on any atom is 0.309 e. The molecular formula is C15H26O2. The van der Waals surface area contributed by atoms with Crippen LogP contribution in [-0.2, 0) is 9.53 Å². The Balaban J connectivity index is 1.81. The van der Waals surface area contributed by atoms with Crippen molar-refractivity contribution >= 4 is 5.97 Å². The van der Waals surface area contributed by atoms with Crippen LogP contribution >= 0.6 is 0 Å². The lowest BCUT2D eigenvalue weighted by molar-refractivity contribution is -0.160. The van der Waals surface area contributed by atoms with E-state index in [1.807, 2.05) is 0 Å². The summed E-state index contributed by atoms with van der Waals surface area (Å²) in [6, 6.07) is 0. The first-order valence-electron chi connectivity index (χ1n) is 7.37. The molecule has 98 valence electrons. The Kier molecular flexibility index (Phi) is 4.47. The minimum atomic E-state index is 0.0936. The molecular weight excluding hydrogens is 212 g/mol. The number of hydrogen-bond donors (Lipinski definition) is 0. The standard InChI is InChI=1S/C15H26O2/c1-11-8-9-14(12(2)10-11)17-15(16)13-6-4-3-5-7-13/h11-14H,3-10H2,1-2H3. The largest absolute Gasteiger partial charge is 0.462 e. The van der Waals surface area contributed by atoms with Gasteiger partial charge in [0.05, 0.1) is 5.92 Å². The molecule has 0 spiro atoms. The van der Waals surface area contributed by atoms with Crippen molar-refractivity contribution in [1.82, 2.24) is 0 Å². The molecule has 0 N–H and O–H groups in total. The van der Waals surface area contributed by atoms with Gasteiger partial charge in [0, 0.05) is 0 Å². The first kappa shape index (κ1) is 12.9. The van der Waals surface area contributed by atoms with Gasteiger partial charge in [-0.1, -0.05) is 33.1 Å². The second-order valence-corrected chi connectivity index (χ2v) is 6.21. The summed E-state index contributed by atoms with van der Waals surface area (Å²) in [5.74, 6) is 1.65. The second-order valence-electron chi connectivity index (χ2n) is 6.21. The molecule has 2 fully saturated rings. The smallest absolute Gasteiger partial charge is 0.309 e. The molecule has 2 saturated carbocycles. The summed E-state index contributed by atoms with van der Waals surface area (Å²) in [5, 5.41) is 0. The molecule has 2 aliphatic carbocycles. The molecule has 0 aliphatic heterocycles. The number of rotatable bonds is 2. The van der Waals surface area contributed by atoms with E-state index in [0.29, 0.717) is 5.92 Å². The van der Waals surface area contributed by atoms with E-state index in [1.165, 1.54) is 32.1 Å². The van der Waals surface area contributed by atoms with E-state index in [4.69, 9.17) is 4.74 Å². The van der Waals surface area contributed by atoms with Gasteiger partial charge < -0.3 is 4.74 Å². The second kappa shape index (κ2) is 5.88. The zero-order chi connectivity index (χ0) is 12.3. The molecule has 3 unspecified atom stereocenters. The van der Waals surface area contributed by atoms with E-state index in [-0.39, 0.29) is 18.0 Å². The molecule has 0 saturated heterocycles. The Bertz CT molecular complexity index is 256. The van der Waals surface area contributed by atoms with Crippen LogP contribution in [0.4, 0.5) is 0 Å². The molecule has 2 aliphatic rings. The number of ether oxygens (including phenoxy) is 1. The fourth-order valence-corrected chi connectivity index (χ4v) is 3.40. The third kappa shape index (κ3) is 3.46. The fourth-order valence-electron chi connectivity index (χ4n) is 3.40. The summed E-state index contributed by atoms with van der Waals surface area (Å²) in [4.78, 5) is 12.1. The summed E-state index contributed by atoms with van der Waals surface area (Å²) < 4.78 is 5.75. The molecule has 0 radical (unpaired) electrons. The number of carbonyl (C=O) groups excluding carboxylic acids is 1. The first-order chi connectivity index (χ1) is 8.16. The van der Waals surface area contributed by atoms with Gasteiger partial charge in [-0.3, -0.25) is 4.79 Å². The maximum atomic E-state index is 12.1. The fraction of sp³-hybridized carbons (Fsp3) is 0.933. The van der Waals surface area contributed by atoms with Gasteiger partial charge in [0.15, 0.2) is 0 Å². The van der Waals surface area contributed by atoms with Crippen molar-refractivity contribution in [3.05, 3.63) is 0 Å². The predicted octanol–water partition coefficient (Wildman–Crippen LogP) is 3.93. The Morgan fingerprint density at radius 3 is 2.35 bits per heavy atom. The van der Waals surface area contributed by atoms with Crippen LogP contribution in [0.15, 0.2) is 0 Å². The normalized spacial score (nSPS) is 35.5. The van der Waals surface area contributed by atoms with Crippen LogP contribution in [-0.4, -0.2) is 12.1 Å². The van der Waals surface area contributed by atoms with Crippen molar-refractivity contribution in [3.8, 4) is 0 Å². The van der Waals surface area contributed by atoms with Gasteiger partial charge in [0.25, 0.3) is 0 Å². The van der Waals surface area contributed by atoms with E-state index in [0.717, 1.165) is 25.2 Å². The van der Waals surface area contributed by atoms with Crippen LogP contribution < -0.4 is 0 Å². The molecule has 0 aromatic heterocycles. The predicted molar refractivity (Wildman–Crippen MR) is 68.6 cm³/mol. The highest BCUT2D eigenvalue weighted by molar-refractivity contribution is 5.72. The van der Waals surface area contributed by atoms with Crippen LogP contribution in [0, 0.1) is 17.8 Å². The van der Waals surface area contributed by atoms with Crippen LogP contribution in [0.1, 0.15) is 65.2 Å². The number of carbonyl (C=O) groups is 1. The molecule has 0 aromatic carbocycles. The molecule has 0 heterocycles. The third-order valence-electron chi connectivity index (χ3n) is 4.56. The Morgan fingerprint density at radius 1 is 1.00 bits per heavy atom. The van der Waals surface area contributed by atoms with Crippen LogP contribution in [0.25, 0.3) is 0 Å². The van der Waals surface area contributed by atoms with E-state index >= 15 is 0 Å². The molecule has 2 heteroatoms. The molecule has 3 atom stereocenters. The van der Waals surface area contributed by atoms with Crippen molar-refractivity contribution < 1.29 is 9.53 Å². The van der Waals surface area contributed by atoms with Gasteiger partial charge in [-0.05, 0) is 43.9 Å². The van der Waals surface area contributed by atoms with Gasteiger partial charge in [-0.25, -0.2) is 0 Å². The van der Waals surface area contributed by atoms with Gasteiger partial charge in [0.1, 0.15) is 6.10 Å². The van der Waals surface area contributed by atoms with Gasteiger partial charge >= 0.3 is 5.97 Å². The quantitative estimate of drug-likeness (QED) is 0.681. The van der Waals surface area contributed by atoms with Crippen LogP contribution in [0.5, 0.6) is 0 Å². The molecule has 0 amide bonds. The third-order valence-corrected chi connectivity index (χ3v) is 4.56. The SMILES string of the molecule is CC1CCC(OC(=O)C2CCCCC2)C(C)C1. The average molecular weight is 238 g/mol. The van der Waals surface area contributed by atoms with E-state index in [1.54, 1.807) is 0 Å². The Morgan fingerprint density at radius 2 is 1.71 bits per heavy atom. The lowest BCUT2D eigenvalue weighted by Crippen LogP contribution is -2.33. The van der Waals surface area contributed by atoms with E-state index in [2.05, 4.69) is 13.8 Å². The maximum absolute atomic E-state index is 12.1. The van der Waals surface area contributed by atoms with Crippen LogP contribution in [0.2, 0.25) is 0 Å². The summed E-state index contributed by atoms with van der Waals surface area (Å²) in [6.07, 6.45) is 9.50. The van der Waals surface area contributed by atoms with Gasteiger partial charge in [-0.2, -0.15) is 0 Å². The first-order valence-corrected chi connectivity index (χ1v) is 7.37. The van der Waals surface area contributed by atoms with E-state index < -0.39 is 0 Å². The van der Waals surface area contributed by atoms with Crippen molar-refractivity contribution in [3.63, 3.8) is 0 Å². The van der Waals surface area contributed by atoms with Crippen molar-refractivity contribution in [1.29, 1.82) is 0 Å². The highest BCUT2D eigenvalue weighted by Gasteiger charge is 2.31. The summed E-state index contributed by atoms with van der Waals surface area (Å²) in [5.41, 5.74) is 0. The highest BCUT2D eigenvalue weighted by atomic mass is 16.5. The Labute approximate surface area is 105 Å². The highest BCUT2D eigenvalue weighted by Crippen LogP contribution is 2.32. The van der Waals surface area contributed by atoms with Crippen LogP contribution in [0.3, 0.4) is 0 Å². The summed E-state index contributed by atoms with van der Waals surface area (Å²) in [6.45, 7) is 4.53. The summed E-state index contributed by atoms with van der Waals surface area (Å²) in [7, 11) is 0. The Hall–Kier alpha value is -0.530. The number of esters is 1. The number of hydrogen-bond acceptors (Lipinski definition) is 2. The molecule has 2 nitrogen and oxygen atoms in total. The minimum Gasteiger partial charge on any atom is -0.462 e. The molecule has 17 heavy (non-hydrogen) atoms. The zero-order valence-corrected chi connectivity index (χ0v) is 11.3. The van der Waals surface area contributed by atoms with Gasteiger partial charge in [-0.15, -0.1) is 0 Å². The lowest BCUT2D eigenvalue weighted by atomic mass is 9.81. The molecule has 2 rings (SSSR count). The van der Waals surface area contributed by atoms with Gasteiger partial charge in [0.2, 0.25) is 0 Å². The monoisotopic (exact) mass is 238 g/mol. The minimum absolute atomic E-state index is 0.0936. The van der Waals surface area contributed by atoms with Crippen molar-refractivity contribution in [2.24, 2.45) is 17.8 Å². The topological polar surface area (TPSA) is 26.3 Å². The lowest BCUT2D eigenvalue weighted by Gasteiger charge is -2.33. The van der Waals surface area contributed by atoms with Crippen molar-refractivity contribution in [2.75, 3.05) is 0 Å². The molecule has 0 bridgehead atoms.